The van der Waals surface area contributed by atoms with Crippen molar-refractivity contribution in [2.75, 3.05) is 12.3 Å². The Kier molecular flexibility index (Phi) is 4.31. The van der Waals surface area contributed by atoms with Crippen molar-refractivity contribution >= 4 is 21.7 Å². The number of carboxylic acids is 1. The van der Waals surface area contributed by atoms with Crippen LogP contribution in [-0.2, 0) is 10.0 Å². The summed E-state index contributed by atoms with van der Waals surface area (Å²) in [7, 11) is -3.83. The lowest BCUT2D eigenvalue weighted by Crippen LogP contribution is -2.29. The number of anilines is 1. The minimum atomic E-state index is -3.83. The molecule has 0 aliphatic carbocycles. The fourth-order valence-electron chi connectivity index (χ4n) is 1.30. The van der Waals surface area contributed by atoms with Gasteiger partial charge in [0, 0.05) is 12.2 Å². The standard InChI is InChI=1S/C11H16N2O4S/c1-7(2)6-13-18(16,17)10-4-3-8(12)5-9(10)11(14)15/h3-5,7,13H,6,12H2,1-2H3,(H,14,15). The van der Waals surface area contributed by atoms with Crippen LogP contribution in [0, 0.1) is 5.92 Å². The van der Waals surface area contributed by atoms with Crippen LogP contribution in [0.1, 0.15) is 24.2 Å². The van der Waals surface area contributed by atoms with Gasteiger partial charge in [0.2, 0.25) is 10.0 Å². The number of carboxylic acid groups (broad SMARTS) is 1. The largest absolute Gasteiger partial charge is 0.478 e. The van der Waals surface area contributed by atoms with Crippen molar-refractivity contribution < 1.29 is 18.3 Å². The first-order valence-electron chi connectivity index (χ1n) is 5.36. The van der Waals surface area contributed by atoms with E-state index in [1.165, 1.54) is 12.1 Å². The van der Waals surface area contributed by atoms with Crippen molar-refractivity contribution in [2.45, 2.75) is 18.7 Å². The zero-order valence-corrected chi connectivity index (χ0v) is 11.0. The maximum absolute atomic E-state index is 12.0. The van der Waals surface area contributed by atoms with Gasteiger partial charge in [-0.25, -0.2) is 17.9 Å². The van der Waals surface area contributed by atoms with E-state index in [1.54, 1.807) is 0 Å². The quantitative estimate of drug-likeness (QED) is 0.690. The summed E-state index contributed by atoms with van der Waals surface area (Å²) >= 11 is 0. The molecule has 1 rings (SSSR count). The highest BCUT2D eigenvalue weighted by molar-refractivity contribution is 7.89. The number of benzene rings is 1. The number of sulfonamides is 1. The minimum Gasteiger partial charge on any atom is -0.478 e. The Hall–Kier alpha value is -1.60. The molecule has 0 heterocycles. The van der Waals surface area contributed by atoms with Crippen LogP contribution < -0.4 is 10.5 Å². The summed E-state index contributed by atoms with van der Waals surface area (Å²) in [6, 6.07) is 3.68. The molecule has 0 aliphatic heterocycles. The Morgan fingerprint density at radius 2 is 2.06 bits per heavy atom. The van der Waals surface area contributed by atoms with E-state index in [2.05, 4.69) is 4.72 Å². The van der Waals surface area contributed by atoms with Gasteiger partial charge < -0.3 is 10.8 Å². The van der Waals surface area contributed by atoms with Crippen molar-refractivity contribution in [3.8, 4) is 0 Å². The van der Waals surface area contributed by atoms with Crippen LogP contribution in [0.3, 0.4) is 0 Å². The third kappa shape index (κ3) is 3.44. The van der Waals surface area contributed by atoms with Gasteiger partial charge in [-0.1, -0.05) is 13.8 Å². The number of nitrogens with one attached hydrogen (secondary N) is 1. The number of hydrogen-bond acceptors (Lipinski definition) is 4. The second-order valence-corrected chi connectivity index (χ2v) is 6.04. The summed E-state index contributed by atoms with van der Waals surface area (Å²) in [6.45, 7) is 3.94. The molecule has 0 amide bonds. The molecule has 1 aromatic carbocycles. The van der Waals surface area contributed by atoms with Gasteiger partial charge in [0.05, 0.1) is 10.5 Å². The second-order valence-electron chi connectivity index (χ2n) is 4.31. The lowest BCUT2D eigenvalue weighted by atomic mass is 10.2. The molecular weight excluding hydrogens is 256 g/mol. The van der Waals surface area contributed by atoms with Crippen LogP contribution in [0.5, 0.6) is 0 Å². The first kappa shape index (κ1) is 14.5. The molecule has 0 unspecified atom stereocenters. The Morgan fingerprint density at radius 3 is 2.56 bits per heavy atom. The number of nitrogen functional groups attached to an aromatic ring is 1. The minimum absolute atomic E-state index is 0.127. The van der Waals surface area contributed by atoms with Crippen LogP contribution in [-0.4, -0.2) is 26.0 Å². The molecule has 0 bridgehead atoms. The van der Waals surface area contributed by atoms with Crippen LogP contribution in [0.25, 0.3) is 0 Å². The van der Waals surface area contributed by atoms with Crippen LogP contribution in [0.2, 0.25) is 0 Å². The molecule has 0 fully saturated rings. The second kappa shape index (κ2) is 5.36. The van der Waals surface area contributed by atoms with Crippen molar-refractivity contribution in [3.63, 3.8) is 0 Å². The first-order valence-corrected chi connectivity index (χ1v) is 6.85. The molecule has 0 radical (unpaired) electrons. The zero-order valence-electron chi connectivity index (χ0n) is 10.2. The maximum atomic E-state index is 12.0. The van der Waals surface area contributed by atoms with E-state index in [0.29, 0.717) is 0 Å². The molecule has 0 aliphatic rings. The predicted octanol–water partition coefficient (Wildman–Crippen LogP) is 0.901. The van der Waals surface area contributed by atoms with E-state index in [1.807, 2.05) is 13.8 Å². The average molecular weight is 272 g/mol. The van der Waals surface area contributed by atoms with Gasteiger partial charge in [0.25, 0.3) is 0 Å². The summed E-state index contributed by atoms with van der Waals surface area (Å²) in [4.78, 5) is 10.7. The number of hydrogen-bond donors (Lipinski definition) is 3. The van der Waals surface area contributed by atoms with E-state index in [0.717, 1.165) is 6.07 Å². The van der Waals surface area contributed by atoms with Gasteiger partial charge in [-0.15, -0.1) is 0 Å². The molecule has 6 nitrogen and oxygen atoms in total. The molecule has 18 heavy (non-hydrogen) atoms. The molecule has 1 aromatic rings. The Bertz CT molecular complexity index is 552. The van der Waals surface area contributed by atoms with E-state index < -0.39 is 16.0 Å². The lowest BCUT2D eigenvalue weighted by Gasteiger charge is -2.11. The van der Waals surface area contributed by atoms with E-state index in [9.17, 15) is 13.2 Å². The Morgan fingerprint density at radius 1 is 1.44 bits per heavy atom. The molecule has 0 saturated heterocycles. The van der Waals surface area contributed by atoms with Crippen LogP contribution in [0.4, 0.5) is 5.69 Å². The number of rotatable bonds is 5. The molecular formula is C11H16N2O4S. The average Bonchev–Trinajstić information content (AvgIpc) is 2.26. The van der Waals surface area contributed by atoms with Crippen LogP contribution >= 0.6 is 0 Å². The summed E-state index contributed by atoms with van der Waals surface area (Å²) < 4.78 is 26.3. The first-order chi connectivity index (χ1) is 8.24. The van der Waals surface area contributed by atoms with Gasteiger partial charge in [-0.2, -0.15) is 0 Å². The highest BCUT2D eigenvalue weighted by Crippen LogP contribution is 2.19. The molecule has 100 valence electrons. The van der Waals surface area contributed by atoms with Gasteiger partial charge in [-0.05, 0) is 24.1 Å². The SMILES string of the molecule is CC(C)CNS(=O)(=O)c1ccc(N)cc1C(=O)O. The molecule has 7 heteroatoms. The lowest BCUT2D eigenvalue weighted by molar-refractivity contribution is 0.0692. The number of carbonyl (C=O) groups is 1. The molecule has 0 saturated carbocycles. The van der Waals surface area contributed by atoms with Gasteiger partial charge in [0.1, 0.15) is 0 Å². The summed E-state index contributed by atoms with van der Waals surface area (Å²) in [5.74, 6) is -1.20. The third-order valence-corrected chi connectivity index (χ3v) is 3.69. The van der Waals surface area contributed by atoms with Gasteiger partial charge in [-0.3, -0.25) is 0 Å². The smallest absolute Gasteiger partial charge is 0.337 e. The topological polar surface area (TPSA) is 109 Å². The molecule has 4 N–H and O–H groups in total. The van der Waals surface area contributed by atoms with E-state index >= 15 is 0 Å². The van der Waals surface area contributed by atoms with E-state index in [-0.39, 0.29) is 28.6 Å². The fraction of sp³-hybridized carbons (Fsp3) is 0.364. The summed E-state index contributed by atoms with van der Waals surface area (Å²) in [5, 5.41) is 8.98. The normalized spacial score (nSPS) is 11.7. The molecule has 0 atom stereocenters. The summed E-state index contributed by atoms with van der Waals surface area (Å²) in [5.41, 5.74) is 5.33. The molecule has 0 spiro atoms. The van der Waals surface area contributed by atoms with E-state index in [4.69, 9.17) is 10.8 Å². The number of aromatic carboxylic acids is 1. The monoisotopic (exact) mass is 272 g/mol. The summed E-state index contributed by atoms with van der Waals surface area (Å²) in [6.07, 6.45) is 0. The maximum Gasteiger partial charge on any atom is 0.337 e. The Labute approximate surface area is 106 Å². The van der Waals surface area contributed by atoms with Crippen molar-refractivity contribution in [1.82, 2.24) is 4.72 Å². The van der Waals surface area contributed by atoms with Gasteiger partial charge in [0.15, 0.2) is 0 Å². The van der Waals surface area contributed by atoms with Crippen molar-refractivity contribution in [2.24, 2.45) is 5.92 Å². The Balaban J connectivity index is 3.20. The highest BCUT2D eigenvalue weighted by Gasteiger charge is 2.22. The number of nitrogens with two attached hydrogens (primary N) is 1. The highest BCUT2D eigenvalue weighted by atomic mass is 32.2. The zero-order chi connectivity index (χ0) is 13.9. The third-order valence-electron chi connectivity index (χ3n) is 2.21. The fourth-order valence-corrected chi connectivity index (χ4v) is 2.69. The predicted molar refractivity (Wildman–Crippen MR) is 67.8 cm³/mol. The van der Waals surface area contributed by atoms with Gasteiger partial charge >= 0.3 is 5.97 Å². The van der Waals surface area contributed by atoms with Crippen LogP contribution in [0.15, 0.2) is 23.1 Å². The van der Waals surface area contributed by atoms with Crippen molar-refractivity contribution in [3.05, 3.63) is 23.8 Å². The van der Waals surface area contributed by atoms with Crippen molar-refractivity contribution in [1.29, 1.82) is 0 Å². The molecule has 0 aromatic heterocycles.